The molecule has 1 N–H and O–H groups in total. The predicted molar refractivity (Wildman–Crippen MR) is 123 cm³/mol. The molecule has 3 unspecified atom stereocenters. The van der Waals surface area contributed by atoms with Gasteiger partial charge >= 0.3 is 0 Å². The molecule has 0 spiro atoms. The summed E-state index contributed by atoms with van der Waals surface area (Å²) in [5.41, 5.74) is 1.29. The zero-order valence-corrected chi connectivity index (χ0v) is 19.0. The van der Waals surface area contributed by atoms with Crippen LogP contribution in [-0.2, 0) is 4.74 Å². The molecule has 31 heavy (non-hydrogen) atoms. The lowest BCUT2D eigenvalue weighted by Gasteiger charge is -2.28. The van der Waals surface area contributed by atoms with Crippen LogP contribution in [0.1, 0.15) is 36.4 Å². The molecule has 160 valence electrons. The first kappa shape index (κ1) is 20.6. The van der Waals surface area contributed by atoms with Gasteiger partial charge in [-0.1, -0.05) is 22.0 Å². The van der Waals surface area contributed by atoms with Crippen LogP contribution >= 0.6 is 28.1 Å². The Hall–Kier alpha value is -2.29. The molecule has 4 heterocycles. The van der Waals surface area contributed by atoms with Crippen LogP contribution in [0, 0.1) is 5.82 Å². The highest BCUT2D eigenvalue weighted by atomic mass is 79.9. The molecule has 0 radical (unpaired) electrons. The Kier molecular flexibility index (Phi) is 5.77. The molecule has 2 aliphatic heterocycles. The number of rotatable bonds is 5. The Morgan fingerprint density at radius 1 is 1.23 bits per heavy atom. The van der Waals surface area contributed by atoms with Crippen LogP contribution in [0.3, 0.4) is 0 Å². The second-order valence-corrected chi connectivity index (χ2v) is 9.04. The molecule has 5 nitrogen and oxygen atoms in total. The number of hydrogen-bond donors (Lipinski definition) is 1. The van der Waals surface area contributed by atoms with E-state index in [9.17, 15) is 4.39 Å². The molecule has 0 aliphatic carbocycles. The molecular formula is C23H21BrFN3O2S. The minimum atomic E-state index is -0.340. The van der Waals surface area contributed by atoms with E-state index in [1.165, 1.54) is 6.07 Å². The van der Waals surface area contributed by atoms with E-state index in [-0.39, 0.29) is 24.0 Å². The van der Waals surface area contributed by atoms with Crippen molar-refractivity contribution >= 4 is 33.3 Å². The average Bonchev–Trinajstić information content (AvgIpc) is 3.51. The van der Waals surface area contributed by atoms with Crippen LogP contribution in [0.2, 0.25) is 0 Å². The lowest BCUT2D eigenvalue weighted by molar-refractivity contribution is 0.0818. The van der Waals surface area contributed by atoms with Crippen LogP contribution in [0.4, 0.5) is 4.39 Å². The highest BCUT2D eigenvalue weighted by Crippen LogP contribution is 2.41. The van der Waals surface area contributed by atoms with Crippen molar-refractivity contribution in [2.24, 2.45) is 0 Å². The number of hydrogen-bond acceptors (Lipinski definition) is 4. The summed E-state index contributed by atoms with van der Waals surface area (Å²) in [6.45, 7) is 1.45. The molecule has 2 fully saturated rings. The van der Waals surface area contributed by atoms with Gasteiger partial charge in [-0.3, -0.25) is 4.98 Å². The van der Waals surface area contributed by atoms with Gasteiger partial charge in [0.05, 0.1) is 23.4 Å². The van der Waals surface area contributed by atoms with E-state index in [1.54, 1.807) is 18.3 Å². The first-order valence-corrected chi connectivity index (χ1v) is 11.4. The van der Waals surface area contributed by atoms with E-state index >= 15 is 0 Å². The minimum Gasteiger partial charge on any atom is -0.459 e. The number of aromatic nitrogens is 1. The van der Waals surface area contributed by atoms with Crippen molar-refractivity contribution in [1.82, 2.24) is 15.2 Å². The fourth-order valence-electron chi connectivity index (χ4n) is 4.26. The van der Waals surface area contributed by atoms with Gasteiger partial charge in [-0.05, 0) is 67.5 Å². The van der Waals surface area contributed by atoms with Crippen LogP contribution in [0.5, 0.6) is 0 Å². The van der Waals surface area contributed by atoms with Gasteiger partial charge in [-0.25, -0.2) is 4.39 Å². The summed E-state index contributed by atoms with van der Waals surface area (Å²) in [5, 5.41) is 4.05. The topological polar surface area (TPSA) is 50.5 Å². The number of halogens is 2. The molecule has 8 heteroatoms. The van der Waals surface area contributed by atoms with Crippen LogP contribution < -0.4 is 5.32 Å². The van der Waals surface area contributed by atoms with E-state index in [2.05, 4.69) is 31.1 Å². The predicted octanol–water partition coefficient (Wildman–Crippen LogP) is 5.39. The smallest absolute Gasteiger partial charge is 0.170 e. The standard InChI is InChI=1S/C23H21BrFN3O2S/c24-14-6-7-16(17(25)12-14)19-8-9-20(30-19)22-21(18-5-1-2-10-26-18)27-23(31)28(22)13-15-4-3-11-29-15/h1-2,5-10,12,15,21-22H,3-4,11,13H2,(H,27,31). The highest BCUT2D eigenvalue weighted by molar-refractivity contribution is 9.10. The van der Waals surface area contributed by atoms with Gasteiger partial charge in [0.25, 0.3) is 0 Å². The number of ether oxygens (including phenoxy) is 1. The summed E-state index contributed by atoms with van der Waals surface area (Å²) >= 11 is 8.99. The highest BCUT2D eigenvalue weighted by Gasteiger charge is 2.42. The number of nitrogens with zero attached hydrogens (tertiary/aromatic N) is 2. The maximum Gasteiger partial charge on any atom is 0.170 e. The van der Waals surface area contributed by atoms with Crippen molar-refractivity contribution in [3.63, 3.8) is 0 Å². The number of furan rings is 1. The zero-order chi connectivity index (χ0) is 21.4. The van der Waals surface area contributed by atoms with Crippen molar-refractivity contribution < 1.29 is 13.5 Å². The third-order valence-electron chi connectivity index (χ3n) is 5.74. The maximum absolute atomic E-state index is 14.5. The molecule has 3 atom stereocenters. The molecular weight excluding hydrogens is 481 g/mol. The van der Waals surface area contributed by atoms with Crippen LogP contribution in [-0.4, -0.2) is 34.3 Å². The Morgan fingerprint density at radius 3 is 2.87 bits per heavy atom. The molecule has 2 aromatic heterocycles. The summed E-state index contributed by atoms with van der Waals surface area (Å²) in [7, 11) is 0. The average molecular weight is 502 g/mol. The lowest BCUT2D eigenvalue weighted by Crippen LogP contribution is -2.36. The quantitative estimate of drug-likeness (QED) is 0.472. The van der Waals surface area contributed by atoms with Gasteiger partial charge in [0, 0.05) is 23.8 Å². The summed E-state index contributed by atoms with van der Waals surface area (Å²) in [6, 6.07) is 14.1. The van der Waals surface area contributed by atoms with Crippen molar-refractivity contribution in [3.05, 3.63) is 76.5 Å². The van der Waals surface area contributed by atoms with E-state index in [0.717, 1.165) is 25.1 Å². The molecule has 5 rings (SSSR count). The van der Waals surface area contributed by atoms with E-state index in [1.807, 2.05) is 30.3 Å². The molecule has 0 bridgehead atoms. The first-order chi connectivity index (χ1) is 15.1. The van der Waals surface area contributed by atoms with Crippen molar-refractivity contribution in [2.45, 2.75) is 31.0 Å². The Labute approximate surface area is 193 Å². The summed E-state index contributed by atoms with van der Waals surface area (Å²) < 4.78 is 27.3. The number of thiocarbonyl (C=S) groups is 1. The fraction of sp³-hybridized carbons (Fsp3) is 0.304. The van der Waals surface area contributed by atoms with Crippen LogP contribution in [0.25, 0.3) is 11.3 Å². The van der Waals surface area contributed by atoms with Gasteiger partial charge in [-0.2, -0.15) is 0 Å². The number of pyridine rings is 1. The molecule has 1 aromatic carbocycles. The van der Waals surface area contributed by atoms with Crippen molar-refractivity contribution in [2.75, 3.05) is 13.2 Å². The molecule has 3 aromatic rings. The Bertz CT molecular complexity index is 1090. The van der Waals surface area contributed by atoms with Gasteiger partial charge in [0.1, 0.15) is 23.4 Å². The number of benzene rings is 1. The molecule has 0 amide bonds. The van der Waals surface area contributed by atoms with E-state index in [4.69, 9.17) is 21.4 Å². The van der Waals surface area contributed by atoms with Crippen molar-refractivity contribution in [1.29, 1.82) is 0 Å². The van der Waals surface area contributed by atoms with Gasteiger partial charge < -0.3 is 19.4 Å². The maximum atomic E-state index is 14.5. The summed E-state index contributed by atoms with van der Waals surface area (Å²) in [6.07, 6.45) is 3.96. The van der Waals surface area contributed by atoms with Gasteiger partial charge in [0.2, 0.25) is 0 Å². The number of nitrogens with one attached hydrogen (secondary N) is 1. The third-order valence-corrected chi connectivity index (χ3v) is 6.58. The van der Waals surface area contributed by atoms with E-state index < -0.39 is 0 Å². The monoisotopic (exact) mass is 501 g/mol. The third kappa shape index (κ3) is 4.12. The lowest BCUT2D eigenvalue weighted by atomic mass is 10.0. The van der Waals surface area contributed by atoms with Crippen LogP contribution in [0.15, 0.2) is 63.6 Å². The second-order valence-electron chi connectivity index (χ2n) is 7.74. The first-order valence-electron chi connectivity index (χ1n) is 10.2. The normalized spacial score (nSPS) is 23.4. The second kappa shape index (κ2) is 8.68. The van der Waals surface area contributed by atoms with Gasteiger partial charge in [0.15, 0.2) is 5.11 Å². The zero-order valence-electron chi connectivity index (χ0n) is 16.6. The molecule has 2 saturated heterocycles. The molecule has 2 aliphatic rings. The fourth-order valence-corrected chi connectivity index (χ4v) is 4.91. The SMILES string of the molecule is Fc1cc(Br)ccc1-c1ccc(C2C(c3ccccn3)NC(=S)N2CC2CCCO2)o1. The minimum absolute atomic E-state index is 0.128. The largest absolute Gasteiger partial charge is 0.459 e. The summed E-state index contributed by atoms with van der Waals surface area (Å²) in [5.74, 6) is 0.848. The Balaban J connectivity index is 1.51. The Morgan fingerprint density at radius 2 is 2.13 bits per heavy atom. The molecule has 0 saturated carbocycles. The summed E-state index contributed by atoms with van der Waals surface area (Å²) in [4.78, 5) is 6.66. The van der Waals surface area contributed by atoms with E-state index in [0.29, 0.717) is 33.2 Å². The van der Waals surface area contributed by atoms with Crippen molar-refractivity contribution in [3.8, 4) is 11.3 Å². The van der Waals surface area contributed by atoms with Gasteiger partial charge in [-0.15, -0.1) is 0 Å².